The monoisotopic (exact) mass is 228 g/mol. The van der Waals surface area contributed by atoms with Crippen LogP contribution < -0.4 is 5.73 Å². The molecule has 16 heavy (non-hydrogen) atoms. The first-order valence-corrected chi connectivity index (χ1v) is 6.74. The minimum atomic E-state index is 0.311. The van der Waals surface area contributed by atoms with Gasteiger partial charge in [0.05, 0.1) is 0 Å². The highest BCUT2D eigenvalue weighted by atomic mass is 16.2. The summed E-state index contributed by atoms with van der Waals surface area (Å²) in [6.07, 6.45) is 7.34. The second kappa shape index (κ2) is 10.9. The molecule has 0 atom stereocenters. The van der Waals surface area contributed by atoms with Crippen molar-refractivity contribution in [2.75, 3.05) is 19.6 Å². The molecule has 0 bridgehead atoms. The van der Waals surface area contributed by atoms with E-state index < -0.39 is 0 Å². The summed E-state index contributed by atoms with van der Waals surface area (Å²) in [6.45, 7) is 6.68. The Hall–Kier alpha value is -0.570. The SMILES string of the molecule is CCCCCCC(=O)N(CCC)CCCN. The molecule has 0 saturated carbocycles. The summed E-state index contributed by atoms with van der Waals surface area (Å²) < 4.78 is 0. The molecule has 0 unspecified atom stereocenters. The molecule has 96 valence electrons. The zero-order valence-corrected chi connectivity index (χ0v) is 11.0. The van der Waals surface area contributed by atoms with Crippen LogP contribution in [0.25, 0.3) is 0 Å². The fourth-order valence-corrected chi connectivity index (χ4v) is 1.77. The van der Waals surface area contributed by atoms with Gasteiger partial charge in [-0.05, 0) is 25.8 Å². The van der Waals surface area contributed by atoms with E-state index in [0.29, 0.717) is 18.9 Å². The van der Waals surface area contributed by atoms with Crippen LogP contribution in [-0.2, 0) is 4.79 Å². The maximum absolute atomic E-state index is 11.9. The number of nitrogens with two attached hydrogens (primary N) is 1. The molecule has 0 spiro atoms. The molecular formula is C13H28N2O. The van der Waals surface area contributed by atoms with Gasteiger partial charge in [0.15, 0.2) is 0 Å². The number of rotatable bonds is 10. The van der Waals surface area contributed by atoms with E-state index >= 15 is 0 Å². The van der Waals surface area contributed by atoms with Gasteiger partial charge >= 0.3 is 0 Å². The van der Waals surface area contributed by atoms with Crippen molar-refractivity contribution >= 4 is 5.91 Å². The molecule has 1 amide bonds. The van der Waals surface area contributed by atoms with Crippen molar-refractivity contribution in [1.29, 1.82) is 0 Å². The van der Waals surface area contributed by atoms with Gasteiger partial charge in [0.25, 0.3) is 0 Å². The zero-order chi connectivity index (χ0) is 12.2. The van der Waals surface area contributed by atoms with Crippen LogP contribution in [0.15, 0.2) is 0 Å². The van der Waals surface area contributed by atoms with Crippen LogP contribution in [0, 0.1) is 0 Å². The summed E-state index contributed by atoms with van der Waals surface area (Å²) >= 11 is 0. The van der Waals surface area contributed by atoms with Gasteiger partial charge in [-0.3, -0.25) is 4.79 Å². The molecule has 0 radical (unpaired) electrons. The highest BCUT2D eigenvalue weighted by Gasteiger charge is 2.10. The number of carbonyl (C=O) groups is 1. The Morgan fingerprint density at radius 3 is 2.31 bits per heavy atom. The lowest BCUT2D eigenvalue weighted by molar-refractivity contribution is -0.131. The fourth-order valence-electron chi connectivity index (χ4n) is 1.77. The van der Waals surface area contributed by atoms with Crippen LogP contribution in [0.2, 0.25) is 0 Å². The molecule has 0 aromatic carbocycles. The Kier molecular flexibility index (Phi) is 10.5. The second-order valence-electron chi connectivity index (χ2n) is 4.33. The molecule has 0 fully saturated rings. The fraction of sp³-hybridized carbons (Fsp3) is 0.923. The maximum Gasteiger partial charge on any atom is 0.222 e. The van der Waals surface area contributed by atoms with Crippen LogP contribution in [0.1, 0.15) is 58.8 Å². The lowest BCUT2D eigenvalue weighted by atomic mass is 10.1. The van der Waals surface area contributed by atoms with Crippen LogP contribution in [0.3, 0.4) is 0 Å². The number of amides is 1. The minimum absolute atomic E-state index is 0.311. The quantitative estimate of drug-likeness (QED) is 0.584. The highest BCUT2D eigenvalue weighted by Crippen LogP contribution is 2.06. The van der Waals surface area contributed by atoms with Gasteiger partial charge in [0.2, 0.25) is 5.91 Å². The van der Waals surface area contributed by atoms with Crippen molar-refractivity contribution in [3.05, 3.63) is 0 Å². The van der Waals surface area contributed by atoms with E-state index in [0.717, 1.165) is 32.4 Å². The Morgan fingerprint density at radius 2 is 1.75 bits per heavy atom. The van der Waals surface area contributed by atoms with Gasteiger partial charge in [0, 0.05) is 19.5 Å². The summed E-state index contributed by atoms with van der Waals surface area (Å²) in [6, 6.07) is 0. The van der Waals surface area contributed by atoms with E-state index in [1.165, 1.54) is 19.3 Å². The van der Waals surface area contributed by atoms with Gasteiger partial charge < -0.3 is 10.6 Å². The van der Waals surface area contributed by atoms with Gasteiger partial charge in [0.1, 0.15) is 0 Å². The molecule has 2 N–H and O–H groups in total. The normalized spacial score (nSPS) is 10.4. The summed E-state index contributed by atoms with van der Waals surface area (Å²) in [4.78, 5) is 13.9. The van der Waals surface area contributed by atoms with Crippen LogP contribution in [-0.4, -0.2) is 30.4 Å². The topological polar surface area (TPSA) is 46.3 Å². The molecule has 0 aliphatic carbocycles. The third-order valence-corrected chi connectivity index (χ3v) is 2.72. The smallest absolute Gasteiger partial charge is 0.222 e. The average Bonchev–Trinajstić information content (AvgIpc) is 2.29. The molecule has 3 nitrogen and oxygen atoms in total. The molecule has 3 heteroatoms. The third-order valence-electron chi connectivity index (χ3n) is 2.72. The molecule has 0 heterocycles. The Morgan fingerprint density at radius 1 is 1.00 bits per heavy atom. The molecule has 0 rings (SSSR count). The van der Waals surface area contributed by atoms with Crippen LogP contribution in [0.4, 0.5) is 0 Å². The standard InChI is InChI=1S/C13H28N2O/c1-3-5-6-7-9-13(16)15(11-4-2)12-8-10-14/h3-12,14H2,1-2H3. The maximum atomic E-state index is 11.9. The number of carbonyl (C=O) groups excluding carboxylic acids is 1. The Balaban J connectivity index is 3.77. The van der Waals surface area contributed by atoms with Crippen molar-refractivity contribution in [3.63, 3.8) is 0 Å². The number of hydrogen-bond donors (Lipinski definition) is 1. The first kappa shape index (κ1) is 15.4. The summed E-state index contributed by atoms with van der Waals surface area (Å²) in [7, 11) is 0. The minimum Gasteiger partial charge on any atom is -0.343 e. The van der Waals surface area contributed by atoms with E-state index in [4.69, 9.17) is 5.73 Å². The largest absolute Gasteiger partial charge is 0.343 e. The summed E-state index contributed by atoms with van der Waals surface area (Å²) in [5.41, 5.74) is 5.47. The van der Waals surface area contributed by atoms with Crippen molar-refractivity contribution < 1.29 is 4.79 Å². The van der Waals surface area contributed by atoms with Crippen LogP contribution >= 0.6 is 0 Å². The Labute approximate surface area is 100 Å². The lowest BCUT2D eigenvalue weighted by Crippen LogP contribution is -2.33. The van der Waals surface area contributed by atoms with E-state index in [9.17, 15) is 4.79 Å². The predicted octanol–water partition coefficient (Wildman–Crippen LogP) is 2.54. The molecule has 0 saturated heterocycles. The zero-order valence-electron chi connectivity index (χ0n) is 11.0. The van der Waals surface area contributed by atoms with Crippen molar-refractivity contribution in [2.24, 2.45) is 5.73 Å². The van der Waals surface area contributed by atoms with Gasteiger partial charge in [-0.15, -0.1) is 0 Å². The lowest BCUT2D eigenvalue weighted by Gasteiger charge is -2.21. The number of nitrogens with zero attached hydrogens (tertiary/aromatic N) is 1. The van der Waals surface area contributed by atoms with Gasteiger partial charge in [-0.1, -0.05) is 33.1 Å². The van der Waals surface area contributed by atoms with Crippen molar-refractivity contribution in [3.8, 4) is 0 Å². The van der Waals surface area contributed by atoms with Gasteiger partial charge in [-0.25, -0.2) is 0 Å². The van der Waals surface area contributed by atoms with Crippen molar-refractivity contribution in [2.45, 2.75) is 58.8 Å². The van der Waals surface area contributed by atoms with E-state index in [1.807, 2.05) is 4.90 Å². The first-order valence-electron chi connectivity index (χ1n) is 6.74. The third kappa shape index (κ3) is 7.69. The molecule has 0 aromatic rings. The van der Waals surface area contributed by atoms with E-state index in [2.05, 4.69) is 13.8 Å². The Bertz CT molecular complexity index is 171. The van der Waals surface area contributed by atoms with E-state index in [1.54, 1.807) is 0 Å². The van der Waals surface area contributed by atoms with Gasteiger partial charge in [-0.2, -0.15) is 0 Å². The average molecular weight is 228 g/mol. The molecule has 0 aliphatic heterocycles. The second-order valence-corrected chi connectivity index (χ2v) is 4.33. The molecule has 0 aliphatic rings. The van der Waals surface area contributed by atoms with Crippen LogP contribution in [0.5, 0.6) is 0 Å². The van der Waals surface area contributed by atoms with E-state index in [-0.39, 0.29) is 0 Å². The summed E-state index contributed by atoms with van der Waals surface area (Å²) in [5.74, 6) is 0.311. The van der Waals surface area contributed by atoms with Crippen molar-refractivity contribution in [1.82, 2.24) is 4.90 Å². The summed E-state index contributed by atoms with van der Waals surface area (Å²) in [5, 5.41) is 0. The predicted molar refractivity (Wildman–Crippen MR) is 69.3 cm³/mol. The first-order chi connectivity index (χ1) is 7.76. The number of unbranched alkanes of at least 4 members (excludes halogenated alkanes) is 3. The number of hydrogen-bond acceptors (Lipinski definition) is 2. The highest BCUT2D eigenvalue weighted by molar-refractivity contribution is 5.76. The molecular weight excluding hydrogens is 200 g/mol. The molecule has 0 aromatic heterocycles.